The summed E-state index contributed by atoms with van der Waals surface area (Å²) in [5, 5.41) is 33.0. The molecule has 4 atom stereocenters. The first kappa shape index (κ1) is 20.0. The number of rotatable bonds is 1. The summed E-state index contributed by atoms with van der Waals surface area (Å²) < 4.78 is 0. The lowest BCUT2D eigenvalue weighted by atomic mass is 9.58. The molecule has 2 aliphatic rings. The summed E-state index contributed by atoms with van der Waals surface area (Å²) in [6.45, 7) is 3.28. The monoisotopic (exact) mass is 412 g/mol. The van der Waals surface area contributed by atoms with Gasteiger partial charge in [0.1, 0.15) is 11.5 Å². The van der Waals surface area contributed by atoms with Gasteiger partial charge in [0.15, 0.2) is 23.1 Å². The number of aliphatic hydroxyl groups is 1. The van der Waals surface area contributed by atoms with Gasteiger partial charge in [-0.1, -0.05) is 12.1 Å². The minimum Gasteiger partial charge on any atom is -0.507 e. The fourth-order valence-corrected chi connectivity index (χ4v) is 4.78. The average Bonchev–Trinajstić information content (AvgIpc) is 2.68. The Morgan fingerprint density at radius 3 is 2.37 bits per heavy atom. The average molecular weight is 412 g/mol. The summed E-state index contributed by atoms with van der Waals surface area (Å²) >= 11 is 0. The lowest BCUT2D eigenvalue weighted by Crippen LogP contribution is -2.71. The van der Waals surface area contributed by atoms with Crippen LogP contribution in [0.3, 0.4) is 0 Å². The highest BCUT2D eigenvalue weighted by Gasteiger charge is 2.65. The normalized spacial score (nSPS) is 28.4. The predicted octanol–water partition coefficient (Wildman–Crippen LogP) is -0.465. The smallest absolute Gasteiger partial charge is 0.235 e. The summed E-state index contributed by atoms with van der Waals surface area (Å²) in [5.74, 6) is -8.96. The Kier molecular flexibility index (Phi) is 4.06. The van der Waals surface area contributed by atoms with Crippen LogP contribution in [0.4, 0.5) is 0 Å². The summed E-state index contributed by atoms with van der Waals surface area (Å²) in [5.41, 5.74) is 9.28. The van der Waals surface area contributed by atoms with Gasteiger partial charge in [-0.15, -0.1) is 0 Å². The number of aromatic hydroxyl groups is 2. The van der Waals surface area contributed by atoms with Crippen molar-refractivity contribution >= 4 is 34.0 Å². The maximum atomic E-state index is 13.4. The lowest BCUT2D eigenvalue weighted by molar-refractivity contribution is -0.158. The van der Waals surface area contributed by atoms with Crippen LogP contribution in [0.2, 0.25) is 0 Å². The van der Waals surface area contributed by atoms with E-state index in [9.17, 15) is 34.5 Å². The molecule has 0 bridgehead atoms. The molecule has 2 aromatic carbocycles. The fourth-order valence-electron chi connectivity index (χ4n) is 4.78. The summed E-state index contributed by atoms with van der Waals surface area (Å²) in [7, 11) is 0. The molecule has 2 unspecified atom stereocenters. The maximum Gasteiger partial charge on any atom is 0.235 e. The molecule has 9 nitrogen and oxygen atoms in total. The molecule has 9 heteroatoms. The topological polar surface area (TPSA) is 181 Å². The van der Waals surface area contributed by atoms with E-state index in [-0.39, 0.29) is 23.1 Å². The van der Waals surface area contributed by atoms with Crippen molar-refractivity contribution in [3.63, 3.8) is 0 Å². The van der Waals surface area contributed by atoms with E-state index in [0.29, 0.717) is 22.1 Å². The SMILES string of the molecule is Cc1ccc2c(C)c3c(c(O)c2c1O)C(=O)[C@]1(O)C(=O)C(C(N)=O)C(=O)[C@H](N)C1C3. The number of phenols is 2. The van der Waals surface area contributed by atoms with Crippen LogP contribution in [0.15, 0.2) is 12.1 Å². The van der Waals surface area contributed by atoms with Crippen LogP contribution in [0.1, 0.15) is 27.0 Å². The van der Waals surface area contributed by atoms with Crippen molar-refractivity contribution in [3.05, 3.63) is 34.4 Å². The number of benzene rings is 2. The van der Waals surface area contributed by atoms with E-state index in [1.54, 1.807) is 26.0 Å². The number of fused-ring (bicyclic) bond motifs is 3. The van der Waals surface area contributed by atoms with Crippen LogP contribution in [-0.4, -0.2) is 50.2 Å². The Balaban J connectivity index is 2.06. The minimum atomic E-state index is -2.79. The number of primary amides is 1. The molecular weight excluding hydrogens is 392 g/mol. The van der Waals surface area contributed by atoms with Gasteiger partial charge in [-0.3, -0.25) is 19.2 Å². The van der Waals surface area contributed by atoms with Crippen molar-refractivity contribution in [1.82, 2.24) is 0 Å². The zero-order valence-electron chi connectivity index (χ0n) is 16.2. The number of hydrogen-bond donors (Lipinski definition) is 5. The Labute approximate surface area is 170 Å². The molecule has 1 fully saturated rings. The standard InChI is InChI=1S/C21H20N2O7/c1-6-3-4-8-7(2)9-5-10-14(22)17(26)13(20(23)29)19(28)21(10,30)18(27)12(9)16(25)11(8)15(6)24/h3-4,10,13-14,24-25,30H,5,22H2,1-2H3,(H2,23,29)/t10?,13?,14-,21+/m1/s1. The molecule has 2 aromatic rings. The quantitative estimate of drug-likeness (QED) is 0.390. The summed E-state index contributed by atoms with van der Waals surface area (Å²) in [6.07, 6.45) is -0.161. The number of nitrogens with two attached hydrogens (primary N) is 2. The molecule has 0 aliphatic heterocycles. The van der Waals surface area contributed by atoms with Gasteiger partial charge in [0.25, 0.3) is 0 Å². The summed E-state index contributed by atoms with van der Waals surface area (Å²) in [4.78, 5) is 50.5. The Bertz CT molecular complexity index is 1200. The van der Waals surface area contributed by atoms with E-state index in [0.717, 1.165) is 0 Å². The van der Waals surface area contributed by atoms with Gasteiger partial charge in [-0.2, -0.15) is 0 Å². The van der Waals surface area contributed by atoms with Gasteiger partial charge < -0.3 is 26.8 Å². The van der Waals surface area contributed by atoms with Gasteiger partial charge >= 0.3 is 0 Å². The third-order valence-corrected chi connectivity index (χ3v) is 6.51. The highest BCUT2D eigenvalue weighted by Crippen LogP contribution is 2.49. The molecule has 1 saturated carbocycles. The zero-order chi connectivity index (χ0) is 22.3. The van der Waals surface area contributed by atoms with E-state index in [1.165, 1.54) is 0 Å². The van der Waals surface area contributed by atoms with Crippen LogP contribution in [0, 0.1) is 25.7 Å². The number of amides is 1. The van der Waals surface area contributed by atoms with E-state index in [4.69, 9.17) is 11.5 Å². The molecule has 0 spiro atoms. The first-order valence-corrected chi connectivity index (χ1v) is 9.31. The molecule has 30 heavy (non-hydrogen) atoms. The lowest BCUT2D eigenvalue weighted by Gasteiger charge is -2.45. The van der Waals surface area contributed by atoms with Crippen LogP contribution in [-0.2, 0) is 20.8 Å². The number of hydrogen-bond acceptors (Lipinski definition) is 8. The van der Waals surface area contributed by atoms with Crippen LogP contribution in [0.5, 0.6) is 11.5 Å². The van der Waals surface area contributed by atoms with E-state index >= 15 is 0 Å². The third-order valence-electron chi connectivity index (χ3n) is 6.51. The van der Waals surface area contributed by atoms with Crippen LogP contribution >= 0.6 is 0 Å². The Morgan fingerprint density at radius 1 is 1.13 bits per heavy atom. The molecule has 7 N–H and O–H groups in total. The first-order chi connectivity index (χ1) is 13.9. The number of carbonyl (C=O) groups is 4. The van der Waals surface area contributed by atoms with Crippen molar-refractivity contribution in [1.29, 1.82) is 0 Å². The molecule has 1 amide bonds. The van der Waals surface area contributed by atoms with Gasteiger partial charge in [0.2, 0.25) is 11.7 Å². The van der Waals surface area contributed by atoms with E-state index in [2.05, 4.69) is 0 Å². The Morgan fingerprint density at radius 2 is 1.77 bits per heavy atom. The van der Waals surface area contributed by atoms with Crippen molar-refractivity contribution in [2.24, 2.45) is 23.3 Å². The molecule has 156 valence electrons. The number of aryl methyl sites for hydroxylation is 2. The second-order valence-corrected chi connectivity index (χ2v) is 8.01. The van der Waals surface area contributed by atoms with Gasteiger partial charge in [-0.25, -0.2) is 0 Å². The molecule has 0 radical (unpaired) electrons. The number of ketones is 3. The highest BCUT2D eigenvalue weighted by molar-refractivity contribution is 6.33. The number of carbonyl (C=O) groups excluding carboxylic acids is 4. The molecule has 0 aromatic heterocycles. The van der Waals surface area contributed by atoms with E-state index in [1.807, 2.05) is 0 Å². The Hall–Kier alpha value is -3.30. The second-order valence-electron chi connectivity index (χ2n) is 8.01. The predicted molar refractivity (Wildman–Crippen MR) is 104 cm³/mol. The van der Waals surface area contributed by atoms with Gasteiger partial charge in [0, 0.05) is 5.92 Å². The van der Waals surface area contributed by atoms with Crippen molar-refractivity contribution in [3.8, 4) is 11.5 Å². The molecule has 0 saturated heterocycles. The number of phenolic OH excluding ortho intramolecular Hbond substituents is 2. The fraction of sp³-hybridized carbons (Fsp3) is 0.333. The van der Waals surface area contributed by atoms with Crippen molar-refractivity contribution in [2.75, 3.05) is 0 Å². The highest BCUT2D eigenvalue weighted by atomic mass is 16.3. The summed E-state index contributed by atoms with van der Waals surface area (Å²) in [6, 6.07) is 1.84. The van der Waals surface area contributed by atoms with Gasteiger partial charge in [0.05, 0.1) is 17.0 Å². The van der Waals surface area contributed by atoms with Crippen molar-refractivity contribution < 1.29 is 34.5 Å². The molecule has 4 rings (SSSR count). The van der Waals surface area contributed by atoms with Crippen LogP contribution in [0.25, 0.3) is 10.8 Å². The minimum absolute atomic E-state index is 0.0109. The first-order valence-electron chi connectivity index (χ1n) is 9.31. The van der Waals surface area contributed by atoms with Crippen LogP contribution < -0.4 is 11.5 Å². The maximum absolute atomic E-state index is 13.4. The molecule has 2 aliphatic carbocycles. The van der Waals surface area contributed by atoms with E-state index < -0.39 is 52.5 Å². The largest absolute Gasteiger partial charge is 0.507 e. The zero-order valence-corrected chi connectivity index (χ0v) is 16.2. The van der Waals surface area contributed by atoms with Crippen molar-refractivity contribution in [2.45, 2.75) is 31.9 Å². The molecule has 0 heterocycles. The van der Waals surface area contributed by atoms with Gasteiger partial charge in [-0.05, 0) is 42.3 Å². The second kappa shape index (κ2) is 6.10. The number of Topliss-reactive ketones (excluding diaryl/α,β-unsaturated/α-hetero) is 3. The third kappa shape index (κ3) is 2.18. The molecular formula is C21H20N2O7.